The predicted molar refractivity (Wildman–Crippen MR) is 96.4 cm³/mol. The molecule has 1 amide bonds. The van der Waals surface area contributed by atoms with E-state index in [1.54, 1.807) is 18.2 Å². The molecule has 0 unspecified atom stereocenters. The monoisotopic (exact) mass is 357 g/mol. The maximum atomic E-state index is 12.3. The minimum Gasteiger partial charge on any atom is -0.496 e. The minimum atomic E-state index is -0.488. The molecule has 3 rings (SSSR count). The molecule has 0 fully saturated rings. The number of nitrogens with one attached hydrogen (secondary N) is 1. The Morgan fingerprint density at radius 1 is 1.24 bits per heavy atom. The van der Waals surface area contributed by atoms with E-state index in [9.17, 15) is 9.59 Å². The van der Waals surface area contributed by atoms with Crippen molar-refractivity contribution < 1.29 is 13.9 Å². The molecule has 0 aliphatic carbocycles. The van der Waals surface area contributed by atoms with Crippen molar-refractivity contribution in [3.05, 3.63) is 74.6 Å². The lowest BCUT2D eigenvalue weighted by Crippen LogP contribution is -2.24. The maximum absolute atomic E-state index is 12.3. The Morgan fingerprint density at radius 3 is 2.76 bits per heavy atom. The second-order valence-electron chi connectivity index (χ2n) is 5.59. The van der Waals surface area contributed by atoms with Crippen LogP contribution in [0.5, 0.6) is 5.75 Å². The first-order valence-corrected chi connectivity index (χ1v) is 8.01. The largest absolute Gasteiger partial charge is 0.496 e. The average molecular weight is 358 g/mol. The molecule has 0 saturated heterocycles. The molecule has 0 bridgehead atoms. The van der Waals surface area contributed by atoms with Crippen LogP contribution in [0.4, 0.5) is 0 Å². The van der Waals surface area contributed by atoms with E-state index in [0.29, 0.717) is 21.7 Å². The van der Waals surface area contributed by atoms with Crippen molar-refractivity contribution in [3.63, 3.8) is 0 Å². The number of hydrogen-bond acceptors (Lipinski definition) is 4. The second kappa shape index (κ2) is 6.99. The molecule has 0 atom stereocenters. The highest BCUT2D eigenvalue weighted by Crippen LogP contribution is 2.23. The van der Waals surface area contributed by atoms with Gasteiger partial charge in [0.15, 0.2) is 11.2 Å². The van der Waals surface area contributed by atoms with Crippen molar-refractivity contribution in [3.8, 4) is 5.75 Å². The van der Waals surface area contributed by atoms with E-state index < -0.39 is 5.91 Å². The molecule has 0 aliphatic heterocycles. The zero-order valence-corrected chi connectivity index (χ0v) is 14.5. The topological polar surface area (TPSA) is 68.5 Å². The van der Waals surface area contributed by atoms with Crippen molar-refractivity contribution in [1.82, 2.24) is 5.32 Å². The molecule has 1 heterocycles. The number of carbonyl (C=O) groups is 1. The highest BCUT2D eigenvalue weighted by Gasteiger charge is 2.15. The normalized spacial score (nSPS) is 10.7. The lowest BCUT2D eigenvalue weighted by atomic mass is 10.1. The Bertz CT molecular complexity index is 1010. The Kier molecular flexibility index (Phi) is 4.76. The third-order valence-corrected chi connectivity index (χ3v) is 4.16. The van der Waals surface area contributed by atoms with Crippen molar-refractivity contribution >= 4 is 28.5 Å². The first-order chi connectivity index (χ1) is 12.0. The molecule has 6 heteroatoms. The molecule has 3 aromatic rings. The number of amides is 1. The number of ether oxygens (including phenoxy) is 1. The van der Waals surface area contributed by atoms with Gasteiger partial charge in [-0.05, 0) is 36.2 Å². The molecule has 0 radical (unpaired) electrons. The van der Waals surface area contributed by atoms with E-state index in [4.69, 9.17) is 20.8 Å². The first kappa shape index (κ1) is 17.0. The number of methoxy groups -OCH3 is 1. The summed E-state index contributed by atoms with van der Waals surface area (Å²) in [4.78, 5) is 24.6. The molecule has 1 aromatic heterocycles. The summed E-state index contributed by atoms with van der Waals surface area (Å²) in [5.41, 5.74) is 1.78. The van der Waals surface area contributed by atoms with Crippen LogP contribution in [0.3, 0.4) is 0 Å². The van der Waals surface area contributed by atoms with E-state index >= 15 is 0 Å². The maximum Gasteiger partial charge on any atom is 0.287 e. The fourth-order valence-electron chi connectivity index (χ4n) is 2.52. The highest BCUT2D eigenvalue weighted by atomic mass is 35.5. The number of aryl methyl sites for hydroxylation is 1. The van der Waals surface area contributed by atoms with Gasteiger partial charge in [0.2, 0.25) is 0 Å². The number of benzene rings is 2. The summed E-state index contributed by atoms with van der Waals surface area (Å²) < 4.78 is 10.7. The lowest BCUT2D eigenvalue weighted by molar-refractivity contribution is 0.0923. The summed E-state index contributed by atoms with van der Waals surface area (Å²) in [6, 6.07) is 11.7. The van der Waals surface area contributed by atoms with E-state index in [2.05, 4.69) is 5.32 Å². The minimum absolute atomic E-state index is 0.0611. The van der Waals surface area contributed by atoms with Gasteiger partial charge in [-0.25, -0.2) is 0 Å². The van der Waals surface area contributed by atoms with E-state index in [1.165, 1.54) is 7.11 Å². The van der Waals surface area contributed by atoms with Gasteiger partial charge >= 0.3 is 0 Å². The van der Waals surface area contributed by atoms with Gasteiger partial charge in [-0.15, -0.1) is 0 Å². The average Bonchev–Trinajstić information content (AvgIpc) is 2.60. The molecule has 128 valence electrons. The summed E-state index contributed by atoms with van der Waals surface area (Å²) in [5, 5.41) is 3.59. The number of halogens is 1. The Hall–Kier alpha value is -2.79. The molecule has 0 saturated carbocycles. The number of fused-ring (bicyclic) bond motifs is 1. The SMILES string of the molecule is COc1cccc2oc(C(=O)NCc3ccc(C)cc3Cl)cc(=O)c12. The van der Waals surface area contributed by atoms with Gasteiger partial charge in [-0.1, -0.05) is 29.8 Å². The van der Waals surface area contributed by atoms with Crippen LogP contribution in [0, 0.1) is 6.92 Å². The Balaban J connectivity index is 1.86. The number of hydrogen-bond donors (Lipinski definition) is 1. The van der Waals surface area contributed by atoms with Crippen LogP contribution >= 0.6 is 11.6 Å². The molecular weight excluding hydrogens is 342 g/mol. The summed E-state index contributed by atoms with van der Waals surface area (Å²) in [7, 11) is 1.47. The smallest absolute Gasteiger partial charge is 0.287 e. The zero-order chi connectivity index (χ0) is 18.0. The van der Waals surface area contributed by atoms with Crippen LogP contribution in [-0.2, 0) is 6.54 Å². The third-order valence-electron chi connectivity index (χ3n) is 3.81. The molecule has 0 spiro atoms. The van der Waals surface area contributed by atoms with Crippen LogP contribution in [-0.4, -0.2) is 13.0 Å². The van der Waals surface area contributed by atoms with Gasteiger partial charge in [-0.3, -0.25) is 9.59 Å². The molecule has 25 heavy (non-hydrogen) atoms. The molecule has 5 nitrogen and oxygen atoms in total. The van der Waals surface area contributed by atoms with Gasteiger partial charge in [0, 0.05) is 17.6 Å². The van der Waals surface area contributed by atoms with Crippen LogP contribution in [0.15, 0.2) is 51.7 Å². The highest BCUT2D eigenvalue weighted by molar-refractivity contribution is 6.31. The predicted octanol–water partition coefficient (Wildman–Crippen LogP) is 3.69. The molecule has 2 aromatic carbocycles. The molecule has 1 N–H and O–H groups in total. The summed E-state index contributed by atoms with van der Waals surface area (Å²) in [6.07, 6.45) is 0. The van der Waals surface area contributed by atoms with Crippen LogP contribution in [0.25, 0.3) is 11.0 Å². The fraction of sp³-hybridized carbons (Fsp3) is 0.158. The molecule has 0 aliphatic rings. The van der Waals surface area contributed by atoms with Gasteiger partial charge in [0.1, 0.15) is 16.7 Å². The van der Waals surface area contributed by atoms with Gasteiger partial charge in [0.05, 0.1) is 7.11 Å². The standard InChI is InChI=1S/C19H16ClNO4/c1-11-6-7-12(13(20)8-11)10-21-19(23)17-9-14(22)18-15(24-2)4-3-5-16(18)25-17/h3-9H,10H2,1-2H3,(H,21,23). The van der Waals surface area contributed by atoms with E-state index in [0.717, 1.165) is 17.2 Å². The lowest BCUT2D eigenvalue weighted by Gasteiger charge is -2.08. The third kappa shape index (κ3) is 3.51. The second-order valence-corrected chi connectivity index (χ2v) is 5.99. The van der Waals surface area contributed by atoms with Crippen LogP contribution in [0.2, 0.25) is 5.02 Å². The summed E-state index contributed by atoms with van der Waals surface area (Å²) in [5.74, 6) is -0.142. The van der Waals surface area contributed by atoms with Crippen LogP contribution in [0.1, 0.15) is 21.7 Å². The fourth-order valence-corrected chi connectivity index (χ4v) is 2.82. The van der Waals surface area contributed by atoms with Gasteiger partial charge in [0.25, 0.3) is 5.91 Å². The van der Waals surface area contributed by atoms with Gasteiger partial charge in [-0.2, -0.15) is 0 Å². The Morgan fingerprint density at radius 2 is 2.04 bits per heavy atom. The van der Waals surface area contributed by atoms with Gasteiger partial charge < -0.3 is 14.5 Å². The van der Waals surface area contributed by atoms with Crippen molar-refractivity contribution in [2.24, 2.45) is 0 Å². The summed E-state index contributed by atoms with van der Waals surface area (Å²) in [6.45, 7) is 2.17. The van der Waals surface area contributed by atoms with Crippen molar-refractivity contribution in [2.75, 3.05) is 7.11 Å². The zero-order valence-electron chi connectivity index (χ0n) is 13.8. The molecular formula is C19H16ClNO4. The summed E-state index contributed by atoms with van der Waals surface area (Å²) >= 11 is 6.16. The Labute approximate surface area is 149 Å². The van der Waals surface area contributed by atoms with E-state index in [-0.39, 0.29) is 17.7 Å². The number of rotatable bonds is 4. The van der Waals surface area contributed by atoms with Crippen LogP contribution < -0.4 is 15.5 Å². The van der Waals surface area contributed by atoms with Crippen molar-refractivity contribution in [1.29, 1.82) is 0 Å². The first-order valence-electron chi connectivity index (χ1n) is 7.63. The van der Waals surface area contributed by atoms with Crippen molar-refractivity contribution in [2.45, 2.75) is 13.5 Å². The van der Waals surface area contributed by atoms with E-state index in [1.807, 2.05) is 25.1 Å². The number of carbonyl (C=O) groups excluding carboxylic acids is 1. The quantitative estimate of drug-likeness (QED) is 0.773.